The largest absolute Gasteiger partial charge is 0.465 e. The summed E-state index contributed by atoms with van der Waals surface area (Å²) in [6.45, 7) is 0. The molecule has 1 amide bonds. The van der Waals surface area contributed by atoms with Gasteiger partial charge in [0.1, 0.15) is 0 Å². The predicted molar refractivity (Wildman–Crippen MR) is 98.5 cm³/mol. The van der Waals surface area contributed by atoms with Gasteiger partial charge in [0, 0.05) is 11.8 Å². The number of hydrogen-bond acceptors (Lipinski definition) is 7. The number of fused-ring (bicyclic) bond motifs is 1. The van der Waals surface area contributed by atoms with Gasteiger partial charge in [-0.15, -0.1) is 0 Å². The number of carbonyl (C=O) groups excluding carboxylic acids is 2. The van der Waals surface area contributed by atoms with Crippen LogP contribution in [0.5, 0.6) is 0 Å². The average Bonchev–Trinajstić information content (AvgIpc) is 3.01. The van der Waals surface area contributed by atoms with E-state index >= 15 is 0 Å². The van der Waals surface area contributed by atoms with Crippen LogP contribution in [-0.2, 0) is 14.6 Å². The molecule has 2 aromatic carbocycles. The number of nitrogens with one attached hydrogen (secondary N) is 1. The summed E-state index contributed by atoms with van der Waals surface area (Å²) in [5.41, 5.74) is 1.30. The molecule has 0 radical (unpaired) electrons. The van der Waals surface area contributed by atoms with E-state index in [-0.39, 0.29) is 10.8 Å². The molecule has 1 heterocycles. The fourth-order valence-electron chi connectivity index (χ4n) is 2.23. The van der Waals surface area contributed by atoms with E-state index < -0.39 is 15.8 Å². The van der Waals surface area contributed by atoms with Gasteiger partial charge in [-0.05, 0) is 42.5 Å². The molecule has 0 aliphatic carbocycles. The third kappa shape index (κ3) is 3.73. The molecule has 0 unspecified atom stereocenters. The maximum absolute atomic E-state index is 12.3. The monoisotopic (exact) mass is 390 g/mol. The molecule has 0 bridgehead atoms. The van der Waals surface area contributed by atoms with Crippen molar-refractivity contribution < 1.29 is 22.7 Å². The lowest BCUT2D eigenvalue weighted by Crippen LogP contribution is -2.12. The Morgan fingerprint density at radius 2 is 1.73 bits per heavy atom. The summed E-state index contributed by atoms with van der Waals surface area (Å²) in [6.07, 6.45) is 1.13. The molecule has 7 nitrogen and oxygen atoms in total. The van der Waals surface area contributed by atoms with Crippen LogP contribution in [0.15, 0.2) is 47.4 Å². The zero-order valence-corrected chi connectivity index (χ0v) is 15.5. The van der Waals surface area contributed by atoms with Crippen LogP contribution in [0.4, 0.5) is 5.13 Å². The van der Waals surface area contributed by atoms with E-state index in [2.05, 4.69) is 15.0 Å². The Kier molecular flexibility index (Phi) is 4.75. The minimum absolute atomic E-state index is 0.199. The Hall–Kier alpha value is -2.78. The molecular formula is C17H14N2O5S2. The number of thiazole rings is 1. The highest BCUT2D eigenvalue weighted by Crippen LogP contribution is 2.28. The van der Waals surface area contributed by atoms with Gasteiger partial charge in [-0.1, -0.05) is 11.3 Å². The van der Waals surface area contributed by atoms with Gasteiger partial charge >= 0.3 is 5.97 Å². The van der Waals surface area contributed by atoms with Crippen LogP contribution < -0.4 is 5.32 Å². The molecule has 0 fully saturated rings. The summed E-state index contributed by atoms with van der Waals surface area (Å²) in [6, 6.07) is 10.6. The summed E-state index contributed by atoms with van der Waals surface area (Å²) in [5.74, 6) is -0.867. The first-order chi connectivity index (χ1) is 12.3. The molecule has 26 heavy (non-hydrogen) atoms. The van der Waals surface area contributed by atoms with Crippen molar-refractivity contribution in [3.63, 3.8) is 0 Å². The van der Waals surface area contributed by atoms with Crippen LogP contribution in [0.1, 0.15) is 20.7 Å². The van der Waals surface area contributed by atoms with Gasteiger partial charge in [-0.2, -0.15) is 0 Å². The number of aromatic nitrogens is 1. The normalized spacial score (nSPS) is 11.3. The van der Waals surface area contributed by atoms with Gasteiger partial charge in [0.25, 0.3) is 5.91 Å². The Labute approximate surface area is 153 Å². The topological polar surface area (TPSA) is 102 Å². The van der Waals surface area contributed by atoms with Crippen molar-refractivity contribution in [3.8, 4) is 0 Å². The Morgan fingerprint density at radius 3 is 2.35 bits per heavy atom. The van der Waals surface area contributed by atoms with Gasteiger partial charge in [0.15, 0.2) is 15.0 Å². The number of esters is 1. The van der Waals surface area contributed by atoms with Crippen LogP contribution in [0.3, 0.4) is 0 Å². The van der Waals surface area contributed by atoms with E-state index in [0.29, 0.717) is 26.5 Å². The summed E-state index contributed by atoms with van der Waals surface area (Å²) in [7, 11) is -2.03. The summed E-state index contributed by atoms with van der Waals surface area (Å²) < 4.78 is 28.5. The average molecular weight is 390 g/mol. The molecular weight excluding hydrogens is 376 g/mol. The van der Waals surface area contributed by atoms with Gasteiger partial charge < -0.3 is 4.74 Å². The second kappa shape index (κ2) is 6.85. The van der Waals surface area contributed by atoms with Crippen LogP contribution in [-0.4, -0.2) is 38.6 Å². The molecule has 1 aromatic heterocycles. The van der Waals surface area contributed by atoms with Crippen molar-refractivity contribution in [2.45, 2.75) is 4.90 Å². The summed E-state index contributed by atoms with van der Waals surface area (Å²) in [5, 5.41) is 3.03. The third-order valence-electron chi connectivity index (χ3n) is 3.58. The first kappa shape index (κ1) is 18.0. The zero-order chi connectivity index (χ0) is 18.9. The Balaban J connectivity index is 1.82. The number of benzene rings is 2. The van der Waals surface area contributed by atoms with E-state index in [4.69, 9.17) is 0 Å². The lowest BCUT2D eigenvalue weighted by atomic mass is 10.1. The highest BCUT2D eigenvalue weighted by atomic mass is 32.2. The maximum Gasteiger partial charge on any atom is 0.337 e. The highest BCUT2D eigenvalue weighted by Gasteiger charge is 2.14. The Morgan fingerprint density at radius 1 is 1.08 bits per heavy atom. The number of amides is 1. The van der Waals surface area contributed by atoms with Crippen molar-refractivity contribution >= 4 is 48.4 Å². The van der Waals surface area contributed by atoms with Crippen LogP contribution in [0, 0.1) is 0 Å². The smallest absolute Gasteiger partial charge is 0.337 e. The minimum Gasteiger partial charge on any atom is -0.465 e. The fourth-order valence-corrected chi connectivity index (χ4v) is 3.86. The lowest BCUT2D eigenvalue weighted by molar-refractivity contribution is 0.0600. The summed E-state index contributed by atoms with van der Waals surface area (Å²) >= 11 is 1.18. The third-order valence-corrected chi connectivity index (χ3v) is 5.62. The van der Waals surface area contributed by atoms with E-state index in [1.54, 1.807) is 6.07 Å². The van der Waals surface area contributed by atoms with Crippen molar-refractivity contribution in [1.29, 1.82) is 0 Å². The van der Waals surface area contributed by atoms with Gasteiger partial charge in [-0.25, -0.2) is 18.2 Å². The van der Waals surface area contributed by atoms with Gasteiger partial charge in [-0.3, -0.25) is 10.1 Å². The highest BCUT2D eigenvalue weighted by molar-refractivity contribution is 7.90. The molecule has 0 spiro atoms. The fraction of sp³-hybridized carbons (Fsp3) is 0.118. The molecule has 0 saturated carbocycles. The van der Waals surface area contributed by atoms with Crippen molar-refractivity contribution in [2.75, 3.05) is 18.7 Å². The molecule has 0 atom stereocenters. The van der Waals surface area contributed by atoms with Crippen molar-refractivity contribution in [3.05, 3.63) is 53.6 Å². The van der Waals surface area contributed by atoms with Gasteiger partial charge in [0.05, 0.1) is 27.8 Å². The van der Waals surface area contributed by atoms with Crippen LogP contribution >= 0.6 is 11.3 Å². The molecule has 3 aromatic rings. The van der Waals surface area contributed by atoms with E-state index in [0.717, 1.165) is 6.26 Å². The first-order valence-electron chi connectivity index (χ1n) is 7.38. The number of ether oxygens (including phenoxy) is 1. The number of hydrogen-bond donors (Lipinski definition) is 1. The second-order valence-electron chi connectivity index (χ2n) is 5.44. The number of rotatable bonds is 4. The van der Waals surface area contributed by atoms with Crippen LogP contribution in [0.2, 0.25) is 0 Å². The van der Waals surface area contributed by atoms with Gasteiger partial charge in [0.2, 0.25) is 0 Å². The Bertz CT molecular complexity index is 1100. The number of methoxy groups -OCH3 is 1. The summed E-state index contributed by atoms with van der Waals surface area (Å²) in [4.78, 5) is 28.2. The molecule has 0 saturated heterocycles. The van der Waals surface area contributed by atoms with Crippen molar-refractivity contribution in [2.24, 2.45) is 0 Å². The molecule has 0 aliphatic heterocycles. The minimum atomic E-state index is -3.31. The van der Waals surface area contributed by atoms with E-state index in [1.165, 1.54) is 54.8 Å². The van der Waals surface area contributed by atoms with Crippen molar-refractivity contribution in [1.82, 2.24) is 4.98 Å². The van der Waals surface area contributed by atoms with E-state index in [9.17, 15) is 18.0 Å². The predicted octanol–water partition coefficient (Wildman–Crippen LogP) is 2.74. The number of anilines is 1. The SMILES string of the molecule is COC(=O)c1ccc(C(=O)Nc2nc3ccc(S(C)(=O)=O)cc3s2)cc1. The number of nitrogens with zero attached hydrogens (tertiary/aromatic N) is 1. The maximum atomic E-state index is 12.3. The quantitative estimate of drug-likeness (QED) is 0.687. The zero-order valence-electron chi connectivity index (χ0n) is 13.8. The molecule has 9 heteroatoms. The lowest BCUT2D eigenvalue weighted by Gasteiger charge is -2.03. The molecule has 0 aliphatic rings. The second-order valence-corrected chi connectivity index (χ2v) is 8.49. The number of sulfone groups is 1. The van der Waals surface area contributed by atoms with Crippen LogP contribution in [0.25, 0.3) is 10.2 Å². The first-order valence-corrected chi connectivity index (χ1v) is 10.1. The molecule has 134 valence electrons. The molecule has 1 N–H and O–H groups in total. The molecule has 3 rings (SSSR count). The standard InChI is InChI=1S/C17H14N2O5S2/c1-24-16(21)11-5-3-10(4-6-11)15(20)19-17-18-13-8-7-12(26(2,22)23)9-14(13)25-17/h3-9H,1-2H3,(H,18,19,20). The van der Waals surface area contributed by atoms with E-state index in [1.807, 2.05) is 0 Å². The number of carbonyl (C=O) groups is 2.